The number of thiophene rings is 1. The summed E-state index contributed by atoms with van der Waals surface area (Å²) in [6.07, 6.45) is 2.05. The summed E-state index contributed by atoms with van der Waals surface area (Å²) < 4.78 is 0. The standard InChI is InChI=1S/C15H15NOS/c1-11-2-3-14(13(8-11)10-17)16-6-4-15-12(9-16)5-7-18-15/h2-3,5,7-8,10H,4,6,9H2,1H3. The fourth-order valence-electron chi connectivity index (χ4n) is 2.51. The van der Waals surface area contributed by atoms with Crippen molar-refractivity contribution in [2.24, 2.45) is 0 Å². The number of rotatable bonds is 2. The van der Waals surface area contributed by atoms with Crippen LogP contribution >= 0.6 is 11.3 Å². The van der Waals surface area contributed by atoms with E-state index in [-0.39, 0.29) is 0 Å². The number of hydrogen-bond acceptors (Lipinski definition) is 3. The van der Waals surface area contributed by atoms with E-state index in [0.29, 0.717) is 0 Å². The molecular weight excluding hydrogens is 242 g/mol. The van der Waals surface area contributed by atoms with Crippen LogP contribution in [0.3, 0.4) is 0 Å². The molecule has 3 heteroatoms. The largest absolute Gasteiger partial charge is 0.366 e. The van der Waals surface area contributed by atoms with Gasteiger partial charge >= 0.3 is 0 Å². The Morgan fingerprint density at radius 2 is 2.22 bits per heavy atom. The Hall–Kier alpha value is -1.61. The van der Waals surface area contributed by atoms with E-state index < -0.39 is 0 Å². The van der Waals surface area contributed by atoms with Crippen molar-refractivity contribution in [3.8, 4) is 0 Å². The number of hydrogen-bond donors (Lipinski definition) is 0. The van der Waals surface area contributed by atoms with Crippen molar-refractivity contribution in [1.82, 2.24) is 0 Å². The maximum Gasteiger partial charge on any atom is 0.152 e. The predicted molar refractivity (Wildman–Crippen MR) is 75.6 cm³/mol. The Bertz CT molecular complexity index is 588. The van der Waals surface area contributed by atoms with E-state index in [4.69, 9.17) is 0 Å². The second kappa shape index (κ2) is 4.58. The fourth-order valence-corrected chi connectivity index (χ4v) is 3.40. The maximum absolute atomic E-state index is 11.2. The van der Waals surface area contributed by atoms with Gasteiger partial charge in [0.1, 0.15) is 0 Å². The molecule has 1 aliphatic rings. The summed E-state index contributed by atoms with van der Waals surface area (Å²) in [6.45, 7) is 3.93. The zero-order valence-electron chi connectivity index (χ0n) is 10.3. The van der Waals surface area contributed by atoms with Crippen molar-refractivity contribution in [3.05, 3.63) is 51.2 Å². The smallest absolute Gasteiger partial charge is 0.152 e. The van der Waals surface area contributed by atoms with Crippen LogP contribution in [0.25, 0.3) is 0 Å². The summed E-state index contributed by atoms with van der Waals surface area (Å²) in [5, 5.41) is 2.16. The zero-order valence-corrected chi connectivity index (χ0v) is 11.2. The summed E-state index contributed by atoms with van der Waals surface area (Å²) >= 11 is 1.84. The normalized spacial score (nSPS) is 14.4. The van der Waals surface area contributed by atoms with E-state index in [0.717, 1.165) is 42.6 Å². The molecule has 0 amide bonds. The van der Waals surface area contributed by atoms with Gasteiger partial charge in [-0.25, -0.2) is 0 Å². The van der Waals surface area contributed by atoms with Gasteiger partial charge in [0, 0.05) is 29.2 Å². The molecule has 1 aliphatic heterocycles. The molecule has 0 bridgehead atoms. The third-order valence-electron chi connectivity index (χ3n) is 3.46. The molecule has 0 atom stereocenters. The highest BCUT2D eigenvalue weighted by molar-refractivity contribution is 7.10. The minimum atomic E-state index is 0.800. The zero-order chi connectivity index (χ0) is 12.5. The van der Waals surface area contributed by atoms with Crippen LogP contribution < -0.4 is 4.90 Å². The van der Waals surface area contributed by atoms with Gasteiger partial charge < -0.3 is 4.90 Å². The molecule has 2 heterocycles. The summed E-state index contributed by atoms with van der Waals surface area (Å²) in [4.78, 5) is 15.0. The minimum absolute atomic E-state index is 0.800. The fraction of sp³-hybridized carbons (Fsp3) is 0.267. The van der Waals surface area contributed by atoms with Crippen molar-refractivity contribution in [2.75, 3.05) is 11.4 Å². The lowest BCUT2D eigenvalue weighted by atomic mass is 10.1. The highest BCUT2D eigenvalue weighted by Gasteiger charge is 2.19. The van der Waals surface area contributed by atoms with Crippen molar-refractivity contribution in [3.63, 3.8) is 0 Å². The van der Waals surface area contributed by atoms with Gasteiger partial charge in [-0.3, -0.25) is 4.79 Å². The molecule has 0 unspecified atom stereocenters. The third-order valence-corrected chi connectivity index (χ3v) is 4.48. The Morgan fingerprint density at radius 1 is 1.33 bits per heavy atom. The van der Waals surface area contributed by atoms with Gasteiger partial charge in [0.05, 0.1) is 0 Å². The highest BCUT2D eigenvalue weighted by atomic mass is 32.1. The first-order chi connectivity index (χ1) is 8.78. The number of aryl methyl sites for hydroxylation is 1. The number of carbonyl (C=O) groups is 1. The van der Waals surface area contributed by atoms with E-state index in [9.17, 15) is 4.79 Å². The number of aldehydes is 1. The van der Waals surface area contributed by atoms with Crippen LogP contribution in [-0.2, 0) is 13.0 Å². The van der Waals surface area contributed by atoms with Gasteiger partial charge in [0.15, 0.2) is 6.29 Å². The van der Waals surface area contributed by atoms with Gasteiger partial charge in [-0.2, -0.15) is 0 Å². The molecule has 0 saturated carbocycles. The van der Waals surface area contributed by atoms with Crippen LogP contribution in [-0.4, -0.2) is 12.8 Å². The third kappa shape index (κ3) is 1.95. The quantitative estimate of drug-likeness (QED) is 0.768. The van der Waals surface area contributed by atoms with Crippen molar-refractivity contribution in [1.29, 1.82) is 0 Å². The Kier molecular flexibility index (Phi) is 2.92. The van der Waals surface area contributed by atoms with Crippen molar-refractivity contribution >= 4 is 23.3 Å². The molecule has 2 aromatic rings. The Balaban J connectivity index is 1.95. The molecule has 3 rings (SSSR count). The Morgan fingerprint density at radius 3 is 3.06 bits per heavy atom. The average molecular weight is 257 g/mol. The molecule has 0 radical (unpaired) electrons. The second-order valence-corrected chi connectivity index (χ2v) is 5.72. The molecule has 1 aromatic heterocycles. The van der Waals surface area contributed by atoms with Crippen LogP contribution in [0, 0.1) is 6.92 Å². The maximum atomic E-state index is 11.2. The van der Waals surface area contributed by atoms with Gasteiger partial charge in [0.2, 0.25) is 0 Å². The van der Waals surface area contributed by atoms with Crippen LogP contribution in [0.15, 0.2) is 29.6 Å². The van der Waals surface area contributed by atoms with E-state index in [1.165, 1.54) is 10.4 Å². The van der Waals surface area contributed by atoms with E-state index in [1.807, 2.05) is 24.3 Å². The average Bonchev–Trinajstić information content (AvgIpc) is 2.85. The first kappa shape index (κ1) is 11.5. The van der Waals surface area contributed by atoms with Crippen molar-refractivity contribution < 1.29 is 4.79 Å². The lowest BCUT2D eigenvalue weighted by molar-refractivity contribution is 0.112. The predicted octanol–water partition coefficient (Wildman–Crippen LogP) is 3.43. The van der Waals surface area contributed by atoms with E-state index in [1.54, 1.807) is 0 Å². The minimum Gasteiger partial charge on any atom is -0.366 e. The van der Waals surface area contributed by atoms with Gasteiger partial charge in [-0.15, -0.1) is 11.3 Å². The molecule has 0 N–H and O–H groups in total. The molecule has 0 aliphatic carbocycles. The number of carbonyl (C=O) groups excluding carboxylic acids is 1. The van der Waals surface area contributed by atoms with Crippen LogP contribution in [0.2, 0.25) is 0 Å². The molecular formula is C15H15NOS. The first-order valence-electron chi connectivity index (χ1n) is 6.14. The summed E-state index contributed by atoms with van der Waals surface area (Å²) in [7, 11) is 0. The number of anilines is 1. The lowest BCUT2D eigenvalue weighted by Gasteiger charge is -2.30. The summed E-state index contributed by atoms with van der Waals surface area (Å²) in [5.41, 5.74) is 4.40. The lowest BCUT2D eigenvalue weighted by Crippen LogP contribution is -2.30. The van der Waals surface area contributed by atoms with Crippen LogP contribution in [0.4, 0.5) is 5.69 Å². The Labute approximate surface area is 111 Å². The summed E-state index contributed by atoms with van der Waals surface area (Å²) in [5.74, 6) is 0. The molecule has 92 valence electrons. The second-order valence-electron chi connectivity index (χ2n) is 4.72. The number of nitrogens with zero attached hydrogens (tertiary/aromatic N) is 1. The molecule has 0 saturated heterocycles. The van der Waals surface area contributed by atoms with Crippen LogP contribution in [0.1, 0.15) is 26.4 Å². The SMILES string of the molecule is Cc1ccc(N2CCc3sccc3C2)c(C=O)c1. The van der Waals surface area contributed by atoms with Crippen molar-refractivity contribution in [2.45, 2.75) is 19.9 Å². The highest BCUT2D eigenvalue weighted by Crippen LogP contribution is 2.29. The molecule has 1 aromatic carbocycles. The number of fused-ring (bicyclic) bond motifs is 1. The first-order valence-corrected chi connectivity index (χ1v) is 7.02. The van der Waals surface area contributed by atoms with Gasteiger partial charge in [0.25, 0.3) is 0 Å². The molecule has 18 heavy (non-hydrogen) atoms. The van der Waals surface area contributed by atoms with E-state index >= 15 is 0 Å². The molecule has 2 nitrogen and oxygen atoms in total. The molecule has 0 fully saturated rings. The summed E-state index contributed by atoms with van der Waals surface area (Å²) in [6, 6.07) is 8.30. The van der Waals surface area contributed by atoms with E-state index in [2.05, 4.69) is 28.5 Å². The molecule has 0 spiro atoms. The van der Waals surface area contributed by atoms with Gasteiger partial charge in [-0.05, 0) is 42.5 Å². The number of benzene rings is 1. The van der Waals surface area contributed by atoms with Crippen LogP contribution in [0.5, 0.6) is 0 Å². The topological polar surface area (TPSA) is 20.3 Å². The monoisotopic (exact) mass is 257 g/mol. The van der Waals surface area contributed by atoms with Gasteiger partial charge in [-0.1, -0.05) is 11.6 Å².